The molecule has 0 aromatic carbocycles. The van der Waals surface area contributed by atoms with Crippen LogP contribution in [0.5, 0.6) is 0 Å². The van der Waals surface area contributed by atoms with E-state index in [0.717, 1.165) is 25.7 Å². The van der Waals surface area contributed by atoms with E-state index in [4.69, 9.17) is 5.11 Å². The van der Waals surface area contributed by atoms with Crippen molar-refractivity contribution in [3.05, 3.63) is 0 Å². The van der Waals surface area contributed by atoms with Gasteiger partial charge >= 0.3 is 5.97 Å². The molecule has 0 bridgehead atoms. The second-order valence-electron chi connectivity index (χ2n) is 3.40. The number of rotatable bonds is 2. The van der Waals surface area contributed by atoms with Crippen molar-refractivity contribution in [1.82, 2.24) is 0 Å². The quantitative estimate of drug-likeness (QED) is 0.666. The van der Waals surface area contributed by atoms with Crippen molar-refractivity contribution in [2.75, 3.05) is 0 Å². The van der Waals surface area contributed by atoms with Crippen molar-refractivity contribution >= 4 is 5.97 Å². The highest BCUT2D eigenvalue weighted by atomic mass is 16.4. The smallest absolute Gasteiger partial charge is 0.306 e. The van der Waals surface area contributed by atoms with Crippen LogP contribution >= 0.6 is 0 Å². The van der Waals surface area contributed by atoms with Gasteiger partial charge in [-0.15, -0.1) is 0 Å². The molecule has 0 aromatic rings. The third-order valence-corrected chi connectivity index (χ3v) is 2.75. The highest BCUT2D eigenvalue weighted by molar-refractivity contribution is 5.70. The summed E-state index contributed by atoms with van der Waals surface area (Å²) < 4.78 is 0. The Morgan fingerprint density at radius 2 is 2.09 bits per heavy atom. The van der Waals surface area contributed by atoms with Crippen LogP contribution < -0.4 is 0 Å². The van der Waals surface area contributed by atoms with E-state index in [1.54, 1.807) is 0 Å². The van der Waals surface area contributed by atoms with Crippen molar-refractivity contribution < 1.29 is 9.90 Å². The van der Waals surface area contributed by atoms with Gasteiger partial charge < -0.3 is 5.11 Å². The van der Waals surface area contributed by atoms with Gasteiger partial charge in [0.2, 0.25) is 0 Å². The van der Waals surface area contributed by atoms with Crippen molar-refractivity contribution in [3.8, 4) is 0 Å². The number of aliphatic carboxylic acids is 1. The molecule has 2 nitrogen and oxygen atoms in total. The van der Waals surface area contributed by atoms with E-state index in [9.17, 15) is 4.79 Å². The van der Waals surface area contributed by atoms with Crippen LogP contribution in [0, 0.1) is 11.8 Å². The number of hydrogen-bond acceptors (Lipinski definition) is 1. The van der Waals surface area contributed by atoms with Crippen molar-refractivity contribution in [3.63, 3.8) is 0 Å². The molecule has 64 valence electrons. The van der Waals surface area contributed by atoms with Gasteiger partial charge in [0, 0.05) is 0 Å². The van der Waals surface area contributed by atoms with Crippen LogP contribution in [-0.4, -0.2) is 11.1 Å². The van der Waals surface area contributed by atoms with Gasteiger partial charge in [0.25, 0.3) is 0 Å². The Labute approximate surface area is 67.6 Å². The predicted molar refractivity (Wildman–Crippen MR) is 43.4 cm³/mol. The van der Waals surface area contributed by atoms with Gasteiger partial charge in [0.15, 0.2) is 0 Å². The van der Waals surface area contributed by atoms with Crippen molar-refractivity contribution in [2.24, 2.45) is 11.8 Å². The van der Waals surface area contributed by atoms with Crippen LogP contribution in [0.4, 0.5) is 0 Å². The molecule has 1 fully saturated rings. The molecule has 1 aliphatic carbocycles. The normalized spacial score (nSPS) is 31.7. The molecule has 0 aromatic heterocycles. The molecule has 1 saturated carbocycles. The fraction of sp³-hybridized carbons (Fsp3) is 0.889. The van der Waals surface area contributed by atoms with E-state index < -0.39 is 5.97 Å². The van der Waals surface area contributed by atoms with E-state index in [1.165, 1.54) is 6.42 Å². The predicted octanol–water partition coefficient (Wildman–Crippen LogP) is 2.29. The fourth-order valence-electron chi connectivity index (χ4n) is 2.02. The van der Waals surface area contributed by atoms with Gasteiger partial charge in [-0.05, 0) is 18.8 Å². The molecule has 1 N–H and O–H groups in total. The lowest BCUT2D eigenvalue weighted by Crippen LogP contribution is -2.26. The molecule has 0 spiro atoms. The first-order valence-electron chi connectivity index (χ1n) is 4.48. The summed E-state index contributed by atoms with van der Waals surface area (Å²) in [6, 6.07) is 0. The molecule has 2 heteroatoms. The molecular weight excluding hydrogens is 140 g/mol. The molecule has 0 amide bonds. The minimum atomic E-state index is -0.587. The third kappa shape index (κ3) is 1.95. The molecule has 2 atom stereocenters. The summed E-state index contributed by atoms with van der Waals surface area (Å²) in [4.78, 5) is 10.7. The molecule has 1 rings (SSSR count). The van der Waals surface area contributed by atoms with Gasteiger partial charge in [0.1, 0.15) is 0 Å². The summed E-state index contributed by atoms with van der Waals surface area (Å²) in [7, 11) is 0. The summed E-state index contributed by atoms with van der Waals surface area (Å²) in [5, 5.41) is 8.84. The maximum atomic E-state index is 10.7. The Morgan fingerprint density at radius 1 is 1.45 bits per heavy atom. The van der Waals surface area contributed by atoms with Crippen molar-refractivity contribution in [1.29, 1.82) is 0 Å². The monoisotopic (exact) mass is 156 g/mol. The second kappa shape index (κ2) is 3.74. The first-order valence-corrected chi connectivity index (χ1v) is 4.48. The van der Waals surface area contributed by atoms with Gasteiger partial charge in [-0.1, -0.05) is 26.2 Å². The molecular formula is C9H16O2. The summed E-state index contributed by atoms with van der Waals surface area (Å²) in [6.45, 7) is 2.09. The Hall–Kier alpha value is -0.530. The first-order chi connectivity index (χ1) is 5.25. The van der Waals surface area contributed by atoms with Gasteiger partial charge in [-0.2, -0.15) is 0 Å². The molecule has 0 aliphatic heterocycles. The summed E-state index contributed by atoms with van der Waals surface area (Å²) in [6.07, 6.45) is 5.37. The summed E-state index contributed by atoms with van der Waals surface area (Å²) in [5.74, 6) is -0.188. The van der Waals surface area contributed by atoms with Crippen LogP contribution in [0.3, 0.4) is 0 Å². The van der Waals surface area contributed by atoms with Crippen LogP contribution in [0.15, 0.2) is 0 Å². The lowest BCUT2D eigenvalue weighted by atomic mass is 9.78. The maximum Gasteiger partial charge on any atom is 0.306 e. The topological polar surface area (TPSA) is 37.3 Å². The average molecular weight is 156 g/mol. The Morgan fingerprint density at radius 3 is 2.55 bits per heavy atom. The Bertz CT molecular complexity index is 142. The maximum absolute atomic E-state index is 10.7. The minimum absolute atomic E-state index is 0.0475. The van der Waals surface area contributed by atoms with Gasteiger partial charge in [-0.25, -0.2) is 0 Å². The zero-order valence-electron chi connectivity index (χ0n) is 7.05. The minimum Gasteiger partial charge on any atom is -0.481 e. The van der Waals surface area contributed by atoms with Gasteiger partial charge in [-0.3, -0.25) is 4.79 Å². The largest absolute Gasteiger partial charge is 0.481 e. The average Bonchev–Trinajstić information content (AvgIpc) is 2.04. The Kier molecular flexibility index (Phi) is 2.92. The standard InChI is InChI=1S/C9H16O2/c1-2-7-5-3-4-6-8(7)9(10)11/h7-8H,2-6H2,1H3,(H,10,11)/t7-,8-/m0/s1. The highest BCUT2D eigenvalue weighted by Gasteiger charge is 2.28. The van der Waals surface area contributed by atoms with Gasteiger partial charge in [0.05, 0.1) is 5.92 Å². The van der Waals surface area contributed by atoms with E-state index in [0.29, 0.717) is 5.92 Å². The number of hydrogen-bond donors (Lipinski definition) is 1. The second-order valence-corrected chi connectivity index (χ2v) is 3.40. The van der Waals surface area contributed by atoms with Crippen LogP contribution in [-0.2, 0) is 4.79 Å². The fourth-order valence-corrected chi connectivity index (χ4v) is 2.02. The molecule has 0 unspecified atom stereocenters. The summed E-state index contributed by atoms with van der Waals surface area (Å²) in [5.41, 5.74) is 0. The lowest BCUT2D eigenvalue weighted by Gasteiger charge is -2.27. The van der Waals surface area contributed by atoms with Crippen LogP contribution in [0.25, 0.3) is 0 Å². The molecule has 1 aliphatic rings. The van der Waals surface area contributed by atoms with Crippen LogP contribution in [0.2, 0.25) is 0 Å². The highest BCUT2D eigenvalue weighted by Crippen LogP contribution is 2.32. The lowest BCUT2D eigenvalue weighted by molar-refractivity contribution is -0.144. The van der Waals surface area contributed by atoms with Crippen LogP contribution in [0.1, 0.15) is 39.0 Å². The number of carbonyl (C=O) groups is 1. The van der Waals surface area contributed by atoms with E-state index in [2.05, 4.69) is 6.92 Å². The SMILES string of the molecule is CC[C@H]1CCCC[C@@H]1C(=O)O. The summed E-state index contributed by atoms with van der Waals surface area (Å²) >= 11 is 0. The van der Waals surface area contributed by atoms with E-state index in [-0.39, 0.29) is 5.92 Å². The number of carboxylic acid groups (broad SMARTS) is 1. The zero-order valence-corrected chi connectivity index (χ0v) is 7.05. The molecule has 0 saturated heterocycles. The molecule has 11 heavy (non-hydrogen) atoms. The first kappa shape index (κ1) is 8.57. The third-order valence-electron chi connectivity index (χ3n) is 2.75. The molecule has 0 radical (unpaired) electrons. The van der Waals surface area contributed by atoms with E-state index >= 15 is 0 Å². The van der Waals surface area contributed by atoms with Crippen molar-refractivity contribution in [2.45, 2.75) is 39.0 Å². The van der Waals surface area contributed by atoms with E-state index in [1.807, 2.05) is 0 Å². The zero-order chi connectivity index (χ0) is 8.27. The molecule has 0 heterocycles. The number of carboxylic acids is 1. The Balaban J connectivity index is 2.51.